The summed E-state index contributed by atoms with van der Waals surface area (Å²) >= 11 is 0. The summed E-state index contributed by atoms with van der Waals surface area (Å²) in [5, 5.41) is 2.84. The lowest BCUT2D eigenvalue weighted by atomic mass is 10.1. The van der Waals surface area contributed by atoms with Gasteiger partial charge in [0.05, 0.1) is 19.3 Å². The molecular weight excluding hydrogens is 318 g/mol. The molecule has 1 atom stereocenters. The van der Waals surface area contributed by atoms with Gasteiger partial charge in [-0.3, -0.25) is 0 Å². The average Bonchev–Trinajstić information content (AvgIpc) is 3.40. The number of alkyl halides is 2. The minimum absolute atomic E-state index is 0.124. The Balaban J connectivity index is 1.65. The first-order chi connectivity index (χ1) is 11.5. The van der Waals surface area contributed by atoms with E-state index >= 15 is 0 Å². The summed E-state index contributed by atoms with van der Waals surface area (Å²) in [5.41, 5.74) is 1.28. The van der Waals surface area contributed by atoms with Crippen molar-refractivity contribution in [2.24, 2.45) is 5.92 Å². The zero-order chi connectivity index (χ0) is 17.1. The summed E-state index contributed by atoms with van der Waals surface area (Å²) in [6, 6.07) is 5.02. The van der Waals surface area contributed by atoms with Crippen LogP contribution >= 0.6 is 0 Å². The average molecular weight is 340 g/mol. The highest BCUT2D eigenvalue weighted by Gasteiger charge is 2.39. The number of morpholine rings is 1. The van der Waals surface area contributed by atoms with Gasteiger partial charge in [-0.2, -0.15) is 0 Å². The van der Waals surface area contributed by atoms with Gasteiger partial charge in [-0.05, 0) is 37.3 Å². The van der Waals surface area contributed by atoms with Crippen LogP contribution < -0.4 is 10.1 Å². The van der Waals surface area contributed by atoms with E-state index in [-0.39, 0.29) is 12.1 Å². The summed E-state index contributed by atoms with van der Waals surface area (Å²) in [5.74, 6) is 0.882. The van der Waals surface area contributed by atoms with Crippen LogP contribution in [0.1, 0.15) is 18.4 Å². The molecule has 0 bridgehead atoms. The molecule has 1 aromatic carbocycles. The molecule has 2 amide bonds. The summed E-state index contributed by atoms with van der Waals surface area (Å²) < 4.78 is 35.2. The predicted molar refractivity (Wildman–Crippen MR) is 85.7 cm³/mol. The van der Waals surface area contributed by atoms with Crippen LogP contribution in [0, 0.1) is 12.8 Å². The zero-order valence-electron chi connectivity index (χ0n) is 13.6. The normalized spacial score (nSPS) is 21.0. The van der Waals surface area contributed by atoms with Crippen LogP contribution in [0.15, 0.2) is 18.2 Å². The Morgan fingerprint density at radius 3 is 2.96 bits per heavy atom. The SMILES string of the molecule is Cc1ccc(NC(=O)N2CCOC[C@@H]2C2CC2)cc1OCC(F)F. The Morgan fingerprint density at radius 1 is 1.46 bits per heavy atom. The number of hydrogen-bond donors (Lipinski definition) is 1. The molecule has 3 rings (SSSR count). The van der Waals surface area contributed by atoms with Gasteiger partial charge in [0, 0.05) is 18.3 Å². The number of halogens is 2. The molecule has 2 aliphatic rings. The summed E-state index contributed by atoms with van der Waals surface area (Å²) in [6.45, 7) is 2.79. The molecule has 1 saturated carbocycles. The molecule has 1 aliphatic heterocycles. The van der Waals surface area contributed by atoms with Gasteiger partial charge in [0.15, 0.2) is 0 Å². The molecule has 0 radical (unpaired) electrons. The molecule has 0 spiro atoms. The van der Waals surface area contributed by atoms with Crippen molar-refractivity contribution in [2.45, 2.75) is 32.2 Å². The Kier molecular flexibility index (Phi) is 5.18. The van der Waals surface area contributed by atoms with Crippen molar-refractivity contribution in [2.75, 3.05) is 31.7 Å². The second kappa shape index (κ2) is 7.34. The summed E-state index contributed by atoms with van der Waals surface area (Å²) in [6.07, 6.45) is -0.266. The lowest BCUT2D eigenvalue weighted by molar-refractivity contribution is 0.00772. The van der Waals surface area contributed by atoms with E-state index in [1.165, 1.54) is 0 Å². The molecule has 1 aliphatic carbocycles. The quantitative estimate of drug-likeness (QED) is 0.895. The van der Waals surface area contributed by atoms with Crippen LogP contribution in [-0.2, 0) is 4.74 Å². The fraction of sp³-hybridized carbons (Fsp3) is 0.588. The molecule has 1 N–H and O–H groups in total. The Morgan fingerprint density at radius 2 is 2.25 bits per heavy atom. The van der Waals surface area contributed by atoms with Crippen molar-refractivity contribution in [3.05, 3.63) is 23.8 Å². The molecule has 7 heteroatoms. The van der Waals surface area contributed by atoms with Crippen molar-refractivity contribution in [3.63, 3.8) is 0 Å². The molecule has 1 aromatic rings. The largest absolute Gasteiger partial charge is 0.487 e. The third kappa shape index (κ3) is 4.14. The molecule has 1 saturated heterocycles. The maximum atomic E-state index is 12.6. The van der Waals surface area contributed by atoms with Gasteiger partial charge in [0.2, 0.25) is 0 Å². The Labute approximate surface area is 139 Å². The van der Waals surface area contributed by atoms with Gasteiger partial charge >= 0.3 is 6.03 Å². The first-order valence-corrected chi connectivity index (χ1v) is 8.21. The summed E-state index contributed by atoms with van der Waals surface area (Å²) in [4.78, 5) is 14.4. The molecule has 0 aromatic heterocycles. The first kappa shape index (κ1) is 17.0. The fourth-order valence-electron chi connectivity index (χ4n) is 2.93. The highest BCUT2D eigenvalue weighted by atomic mass is 19.3. The van der Waals surface area contributed by atoms with Crippen LogP contribution in [-0.4, -0.2) is 49.8 Å². The molecule has 0 unspecified atom stereocenters. The highest BCUT2D eigenvalue weighted by molar-refractivity contribution is 5.90. The maximum Gasteiger partial charge on any atom is 0.322 e. The second-order valence-corrected chi connectivity index (χ2v) is 6.29. The van der Waals surface area contributed by atoms with Gasteiger partial charge in [-0.1, -0.05) is 6.07 Å². The van der Waals surface area contributed by atoms with Crippen molar-refractivity contribution < 1.29 is 23.0 Å². The number of amides is 2. The van der Waals surface area contributed by atoms with E-state index < -0.39 is 13.0 Å². The molecule has 5 nitrogen and oxygen atoms in total. The topological polar surface area (TPSA) is 50.8 Å². The third-order valence-electron chi connectivity index (χ3n) is 4.40. The van der Waals surface area contributed by atoms with Crippen molar-refractivity contribution in [1.82, 2.24) is 4.90 Å². The van der Waals surface area contributed by atoms with Crippen molar-refractivity contribution >= 4 is 11.7 Å². The molecule has 2 fully saturated rings. The van der Waals surface area contributed by atoms with Crippen molar-refractivity contribution in [3.8, 4) is 5.75 Å². The van der Waals surface area contributed by atoms with E-state index in [2.05, 4.69) is 5.32 Å². The number of urea groups is 1. The number of carbonyl (C=O) groups is 1. The van der Waals surface area contributed by atoms with Crippen LogP contribution in [0.3, 0.4) is 0 Å². The number of ether oxygens (including phenoxy) is 2. The molecule has 1 heterocycles. The van der Waals surface area contributed by atoms with Gasteiger partial charge in [0.1, 0.15) is 12.4 Å². The molecular formula is C17H22F2N2O3. The third-order valence-corrected chi connectivity index (χ3v) is 4.40. The van der Waals surface area contributed by atoms with Crippen LogP contribution in [0.25, 0.3) is 0 Å². The predicted octanol–water partition coefficient (Wildman–Crippen LogP) is 3.28. The minimum atomic E-state index is -2.53. The number of aryl methyl sites for hydroxylation is 1. The van der Waals surface area contributed by atoms with E-state index in [0.29, 0.717) is 37.1 Å². The van der Waals surface area contributed by atoms with Crippen LogP contribution in [0.5, 0.6) is 5.75 Å². The number of carbonyl (C=O) groups excluding carboxylic acids is 1. The van der Waals surface area contributed by atoms with E-state index in [0.717, 1.165) is 18.4 Å². The van der Waals surface area contributed by atoms with E-state index in [4.69, 9.17) is 9.47 Å². The fourth-order valence-corrected chi connectivity index (χ4v) is 2.93. The zero-order valence-corrected chi connectivity index (χ0v) is 13.6. The smallest absolute Gasteiger partial charge is 0.322 e. The van der Waals surface area contributed by atoms with E-state index in [1.54, 1.807) is 25.1 Å². The second-order valence-electron chi connectivity index (χ2n) is 6.29. The number of anilines is 1. The van der Waals surface area contributed by atoms with E-state index in [1.807, 2.05) is 4.90 Å². The minimum Gasteiger partial charge on any atom is -0.487 e. The standard InChI is InChI=1S/C17H22F2N2O3/c1-11-2-5-13(8-15(11)24-10-16(18)19)20-17(22)21-6-7-23-9-14(21)12-3-4-12/h2,5,8,12,14,16H,3-4,6-7,9-10H2,1H3,(H,20,22)/t14-/m1/s1. The van der Waals surface area contributed by atoms with Gasteiger partial charge in [-0.15, -0.1) is 0 Å². The highest BCUT2D eigenvalue weighted by Crippen LogP contribution is 2.36. The van der Waals surface area contributed by atoms with Gasteiger partial charge in [-0.25, -0.2) is 13.6 Å². The Hall–Kier alpha value is -1.89. The Bertz CT molecular complexity index is 593. The van der Waals surface area contributed by atoms with Gasteiger partial charge < -0.3 is 19.7 Å². The maximum absolute atomic E-state index is 12.6. The number of nitrogens with zero attached hydrogens (tertiary/aromatic N) is 1. The van der Waals surface area contributed by atoms with Crippen molar-refractivity contribution in [1.29, 1.82) is 0 Å². The first-order valence-electron chi connectivity index (χ1n) is 8.21. The number of hydrogen-bond acceptors (Lipinski definition) is 3. The lowest BCUT2D eigenvalue weighted by Gasteiger charge is -2.35. The number of rotatable bonds is 5. The number of benzene rings is 1. The lowest BCUT2D eigenvalue weighted by Crippen LogP contribution is -2.51. The van der Waals surface area contributed by atoms with Crippen LogP contribution in [0.4, 0.5) is 19.3 Å². The van der Waals surface area contributed by atoms with Gasteiger partial charge in [0.25, 0.3) is 6.43 Å². The summed E-state index contributed by atoms with van der Waals surface area (Å²) in [7, 11) is 0. The molecule has 132 valence electrons. The molecule has 24 heavy (non-hydrogen) atoms. The van der Waals surface area contributed by atoms with Crippen LogP contribution in [0.2, 0.25) is 0 Å². The monoisotopic (exact) mass is 340 g/mol. The number of nitrogens with one attached hydrogen (secondary N) is 1. The van der Waals surface area contributed by atoms with E-state index in [9.17, 15) is 13.6 Å².